The molecule has 0 unspecified atom stereocenters. The molecule has 0 aliphatic heterocycles. The second-order valence-electron chi connectivity index (χ2n) is 5.04. The van der Waals surface area contributed by atoms with Gasteiger partial charge in [0.15, 0.2) is 0 Å². The fraction of sp³-hybridized carbons (Fsp3) is 0.176. The number of anilines is 1. The van der Waals surface area contributed by atoms with Gasteiger partial charge in [0.05, 0.1) is 11.2 Å². The van der Waals surface area contributed by atoms with Crippen LogP contribution in [0.4, 0.5) is 5.69 Å². The van der Waals surface area contributed by atoms with Gasteiger partial charge in [-0.1, -0.05) is 18.2 Å². The Morgan fingerprint density at radius 1 is 1.19 bits per heavy atom. The Morgan fingerprint density at radius 3 is 2.86 bits per heavy atom. The highest BCUT2D eigenvalue weighted by Gasteiger charge is 2.07. The molecule has 0 radical (unpaired) electrons. The van der Waals surface area contributed by atoms with Crippen LogP contribution in [0.25, 0.3) is 10.9 Å². The summed E-state index contributed by atoms with van der Waals surface area (Å²) in [7, 11) is 1.99. The molecule has 3 rings (SSSR count). The first-order valence-corrected chi connectivity index (χ1v) is 6.98. The summed E-state index contributed by atoms with van der Waals surface area (Å²) in [6, 6.07) is 13.7. The number of hydrogen-bond acceptors (Lipinski definition) is 2. The molecular weight excluding hydrogens is 262 g/mol. The molecule has 3 aromatic rings. The molecule has 0 saturated heterocycles. The minimum atomic E-state index is 0.00866. The molecule has 4 nitrogen and oxygen atoms in total. The van der Waals surface area contributed by atoms with Crippen molar-refractivity contribution >= 4 is 22.5 Å². The summed E-state index contributed by atoms with van der Waals surface area (Å²) in [5.41, 5.74) is 2.75. The quantitative estimate of drug-likeness (QED) is 0.797. The summed E-state index contributed by atoms with van der Waals surface area (Å²) in [5.74, 6) is 0.00866. The number of aryl methyl sites for hydroxylation is 2. The van der Waals surface area contributed by atoms with Crippen molar-refractivity contribution in [3.05, 3.63) is 60.6 Å². The molecule has 1 amide bonds. The van der Waals surface area contributed by atoms with E-state index in [0.717, 1.165) is 28.7 Å². The maximum atomic E-state index is 12.1. The van der Waals surface area contributed by atoms with Crippen LogP contribution in [0.15, 0.2) is 54.9 Å². The Kier molecular flexibility index (Phi) is 3.69. The maximum Gasteiger partial charge on any atom is 0.224 e. The maximum absolute atomic E-state index is 12.1. The fourth-order valence-corrected chi connectivity index (χ4v) is 2.42. The van der Waals surface area contributed by atoms with E-state index in [1.807, 2.05) is 60.3 Å². The third-order valence-electron chi connectivity index (χ3n) is 3.57. The minimum absolute atomic E-state index is 0.00866. The van der Waals surface area contributed by atoms with Gasteiger partial charge in [-0.25, -0.2) is 0 Å². The second-order valence-corrected chi connectivity index (χ2v) is 5.04. The van der Waals surface area contributed by atoms with Gasteiger partial charge in [-0.3, -0.25) is 9.78 Å². The van der Waals surface area contributed by atoms with Gasteiger partial charge in [0.2, 0.25) is 5.91 Å². The van der Waals surface area contributed by atoms with Crippen LogP contribution in [0.3, 0.4) is 0 Å². The van der Waals surface area contributed by atoms with Gasteiger partial charge < -0.3 is 9.88 Å². The molecule has 0 saturated carbocycles. The number of hydrogen-bond donors (Lipinski definition) is 1. The zero-order valence-corrected chi connectivity index (χ0v) is 11.9. The lowest BCUT2D eigenvalue weighted by atomic mass is 10.2. The van der Waals surface area contributed by atoms with Crippen LogP contribution in [0.2, 0.25) is 0 Å². The van der Waals surface area contributed by atoms with Gasteiger partial charge in [-0.2, -0.15) is 0 Å². The van der Waals surface area contributed by atoms with E-state index in [2.05, 4.69) is 10.3 Å². The van der Waals surface area contributed by atoms with E-state index in [0.29, 0.717) is 6.42 Å². The number of nitrogens with one attached hydrogen (secondary N) is 1. The van der Waals surface area contributed by atoms with Crippen LogP contribution in [-0.2, 0) is 18.3 Å². The first-order valence-electron chi connectivity index (χ1n) is 6.98. The van der Waals surface area contributed by atoms with E-state index in [1.54, 1.807) is 6.20 Å². The molecule has 1 aromatic carbocycles. The van der Waals surface area contributed by atoms with Crippen LogP contribution < -0.4 is 5.32 Å². The van der Waals surface area contributed by atoms with Crippen LogP contribution in [0.5, 0.6) is 0 Å². The van der Waals surface area contributed by atoms with Gasteiger partial charge in [0.1, 0.15) is 0 Å². The molecule has 0 aliphatic carbocycles. The molecule has 0 bridgehead atoms. The Morgan fingerprint density at radius 2 is 2.05 bits per heavy atom. The van der Waals surface area contributed by atoms with E-state index < -0.39 is 0 Å². The molecule has 0 spiro atoms. The molecule has 2 aromatic heterocycles. The summed E-state index contributed by atoms with van der Waals surface area (Å²) >= 11 is 0. The largest absolute Gasteiger partial charge is 0.354 e. The normalized spacial score (nSPS) is 10.7. The highest BCUT2D eigenvalue weighted by molar-refractivity contribution is 6.00. The third-order valence-corrected chi connectivity index (χ3v) is 3.57. The van der Waals surface area contributed by atoms with Gasteiger partial charge in [0, 0.05) is 36.9 Å². The zero-order chi connectivity index (χ0) is 14.7. The first-order chi connectivity index (χ1) is 10.2. The molecule has 0 fully saturated rings. The topological polar surface area (TPSA) is 46.9 Å². The first kappa shape index (κ1) is 13.4. The van der Waals surface area contributed by atoms with Crippen molar-refractivity contribution in [3.8, 4) is 0 Å². The van der Waals surface area contributed by atoms with Crippen LogP contribution in [-0.4, -0.2) is 15.5 Å². The minimum Gasteiger partial charge on any atom is -0.354 e. The molecule has 4 heteroatoms. The van der Waals surface area contributed by atoms with E-state index >= 15 is 0 Å². The van der Waals surface area contributed by atoms with E-state index in [9.17, 15) is 4.79 Å². The lowest BCUT2D eigenvalue weighted by Gasteiger charge is -2.08. The molecule has 106 valence electrons. The number of aromatic nitrogens is 2. The van der Waals surface area contributed by atoms with Gasteiger partial charge >= 0.3 is 0 Å². The standard InChI is InChI=1S/C17H17N3O/c1-20-12-4-7-14(20)9-10-16(21)19-15-8-2-5-13-6-3-11-18-17(13)15/h2-8,11-12H,9-10H2,1H3,(H,19,21). The predicted molar refractivity (Wildman–Crippen MR) is 84.1 cm³/mol. The van der Waals surface area contributed by atoms with Crippen molar-refractivity contribution in [1.29, 1.82) is 0 Å². The van der Waals surface area contributed by atoms with Crippen molar-refractivity contribution in [3.63, 3.8) is 0 Å². The number of amides is 1. The number of fused-ring (bicyclic) bond motifs is 1. The van der Waals surface area contributed by atoms with Crippen molar-refractivity contribution in [2.75, 3.05) is 5.32 Å². The number of rotatable bonds is 4. The fourth-order valence-electron chi connectivity index (χ4n) is 2.42. The van der Waals surface area contributed by atoms with Crippen LogP contribution >= 0.6 is 0 Å². The highest BCUT2D eigenvalue weighted by atomic mass is 16.1. The number of pyridine rings is 1. The smallest absolute Gasteiger partial charge is 0.224 e. The average molecular weight is 279 g/mol. The zero-order valence-electron chi connectivity index (χ0n) is 11.9. The second kappa shape index (κ2) is 5.79. The number of nitrogens with zero attached hydrogens (tertiary/aromatic N) is 2. The monoisotopic (exact) mass is 279 g/mol. The summed E-state index contributed by atoms with van der Waals surface area (Å²) < 4.78 is 2.03. The summed E-state index contributed by atoms with van der Waals surface area (Å²) in [4.78, 5) is 16.5. The average Bonchev–Trinajstić information content (AvgIpc) is 2.91. The Bertz CT molecular complexity index is 771. The predicted octanol–water partition coefficient (Wildman–Crippen LogP) is 3.14. The van der Waals surface area contributed by atoms with E-state index in [-0.39, 0.29) is 5.91 Å². The lowest BCUT2D eigenvalue weighted by molar-refractivity contribution is -0.116. The van der Waals surface area contributed by atoms with E-state index in [4.69, 9.17) is 0 Å². The SMILES string of the molecule is Cn1cccc1CCC(=O)Nc1cccc2cccnc12. The van der Waals surface area contributed by atoms with Crippen molar-refractivity contribution < 1.29 is 4.79 Å². The number of carbonyl (C=O) groups is 1. The van der Waals surface area contributed by atoms with E-state index in [1.165, 1.54) is 0 Å². The molecule has 1 N–H and O–H groups in total. The molecule has 21 heavy (non-hydrogen) atoms. The third kappa shape index (κ3) is 2.94. The highest BCUT2D eigenvalue weighted by Crippen LogP contribution is 2.20. The van der Waals surface area contributed by atoms with Gasteiger partial charge in [-0.05, 0) is 30.7 Å². The summed E-state index contributed by atoms with van der Waals surface area (Å²) in [6.07, 6.45) is 4.92. The number of para-hydroxylation sites is 1. The van der Waals surface area contributed by atoms with Crippen molar-refractivity contribution in [2.45, 2.75) is 12.8 Å². The molecular formula is C17H17N3O. The molecule has 0 atom stereocenters. The van der Waals surface area contributed by atoms with Crippen LogP contribution in [0.1, 0.15) is 12.1 Å². The van der Waals surface area contributed by atoms with Crippen molar-refractivity contribution in [1.82, 2.24) is 9.55 Å². The Balaban J connectivity index is 1.70. The Labute approximate surface area is 123 Å². The van der Waals surface area contributed by atoms with Gasteiger partial charge in [-0.15, -0.1) is 0 Å². The number of benzene rings is 1. The van der Waals surface area contributed by atoms with Crippen LogP contribution in [0, 0.1) is 0 Å². The van der Waals surface area contributed by atoms with Crippen molar-refractivity contribution in [2.24, 2.45) is 7.05 Å². The lowest BCUT2D eigenvalue weighted by Crippen LogP contribution is -2.13. The number of carbonyl (C=O) groups excluding carboxylic acids is 1. The molecule has 0 aliphatic rings. The summed E-state index contributed by atoms with van der Waals surface area (Å²) in [5, 5.41) is 3.98. The summed E-state index contributed by atoms with van der Waals surface area (Å²) in [6.45, 7) is 0. The molecule has 2 heterocycles. The Hall–Kier alpha value is -2.62. The van der Waals surface area contributed by atoms with Gasteiger partial charge in [0.25, 0.3) is 0 Å².